The Balaban J connectivity index is 1.93. The quantitative estimate of drug-likeness (QED) is 0.511. The highest BCUT2D eigenvalue weighted by molar-refractivity contribution is 5.74. The SMILES string of the molecule is CCC(CC)(C[C@@H]1[C@@H](Cc2ccc(OC)c(OC)c2)CO[C@@H]1c1ccc(F)cc1)C(=O)O. The Bertz CT molecular complexity index is 907. The molecule has 174 valence electrons. The van der Waals surface area contributed by atoms with Crippen LogP contribution in [0.2, 0.25) is 0 Å². The number of methoxy groups -OCH3 is 2. The molecular weight excluding hydrogens is 411 g/mol. The topological polar surface area (TPSA) is 65.0 Å². The van der Waals surface area contributed by atoms with E-state index in [2.05, 4.69) is 0 Å². The zero-order valence-electron chi connectivity index (χ0n) is 19.3. The van der Waals surface area contributed by atoms with Gasteiger partial charge in [0.05, 0.1) is 32.3 Å². The minimum Gasteiger partial charge on any atom is -0.493 e. The van der Waals surface area contributed by atoms with Crippen LogP contribution in [0.15, 0.2) is 42.5 Å². The summed E-state index contributed by atoms with van der Waals surface area (Å²) in [5.74, 6) is 0.382. The maximum atomic E-state index is 13.5. The van der Waals surface area contributed by atoms with Gasteiger partial charge >= 0.3 is 5.97 Å². The van der Waals surface area contributed by atoms with Gasteiger partial charge in [-0.1, -0.05) is 32.0 Å². The fraction of sp³-hybridized carbons (Fsp3) is 0.500. The zero-order chi connectivity index (χ0) is 23.3. The van der Waals surface area contributed by atoms with Crippen molar-refractivity contribution in [2.45, 2.75) is 45.6 Å². The highest BCUT2D eigenvalue weighted by Crippen LogP contribution is 2.48. The van der Waals surface area contributed by atoms with Crippen molar-refractivity contribution >= 4 is 5.97 Å². The van der Waals surface area contributed by atoms with Gasteiger partial charge < -0.3 is 19.3 Å². The Morgan fingerprint density at radius 2 is 1.75 bits per heavy atom. The third-order valence-electron chi connectivity index (χ3n) is 7.06. The molecule has 0 saturated carbocycles. The van der Waals surface area contributed by atoms with Crippen molar-refractivity contribution < 1.29 is 28.5 Å². The number of hydrogen-bond donors (Lipinski definition) is 1. The molecule has 1 N–H and O–H groups in total. The molecule has 1 fully saturated rings. The number of halogens is 1. The summed E-state index contributed by atoms with van der Waals surface area (Å²) < 4.78 is 30.5. The van der Waals surface area contributed by atoms with Gasteiger partial charge in [0.15, 0.2) is 11.5 Å². The van der Waals surface area contributed by atoms with Crippen LogP contribution in [0.3, 0.4) is 0 Å². The molecule has 1 heterocycles. The third-order valence-corrected chi connectivity index (χ3v) is 7.06. The van der Waals surface area contributed by atoms with Gasteiger partial charge in [-0.15, -0.1) is 0 Å². The van der Waals surface area contributed by atoms with E-state index in [0.717, 1.165) is 17.5 Å². The molecule has 0 amide bonds. The number of carboxylic acids is 1. The van der Waals surface area contributed by atoms with E-state index in [1.54, 1.807) is 26.4 Å². The predicted molar refractivity (Wildman–Crippen MR) is 121 cm³/mol. The van der Waals surface area contributed by atoms with Crippen LogP contribution in [0, 0.1) is 23.1 Å². The summed E-state index contributed by atoms with van der Waals surface area (Å²) in [6.45, 7) is 4.39. The van der Waals surface area contributed by atoms with Crippen LogP contribution in [0.5, 0.6) is 11.5 Å². The molecule has 0 unspecified atom stereocenters. The second-order valence-corrected chi connectivity index (χ2v) is 8.62. The van der Waals surface area contributed by atoms with E-state index >= 15 is 0 Å². The van der Waals surface area contributed by atoms with Gasteiger partial charge in [0.25, 0.3) is 0 Å². The van der Waals surface area contributed by atoms with E-state index in [1.165, 1.54) is 12.1 Å². The highest BCUT2D eigenvalue weighted by Gasteiger charge is 2.45. The van der Waals surface area contributed by atoms with E-state index in [0.29, 0.717) is 37.4 Å². The summed E-state index contributed by atoms with van der Waals surface area (Å²) in [5.41, 5.74) is 1.15. The second-order valence-electron chi connectivity index (χ2n) is 8.62. The molecule has 3 rings (SSSR count). The molecule has 6 heteroatoms. The van der Waals surface area contributed by atoms with Gasteiger partial charge in [-0.2, -0.15) is 0 Å². The molecule has 2 aromatic carbocycles. The van der Waals surface area contributed by atoms with Crippen LogP contribution in [0.25, 0.3) is 0 Å². The van der Waals surface area contributed by atoms with Crippen LogP contribution in [-0.4, -0.2) is 31.9 Å². The maximum absolute atomic E-state index is 13.5. The van der Waals surface area contributed by atoms with Gasteiger partial charge in [0.2, 0.25) is 0 Å². The third kappa shape index (κ3) is 4.90. The van der Waals surface area contributed by atoms with Crippen LogP contribution in [0.4, 0.5) is 4.39 Å². The molecule has 3 atom stereocenters. The summed E-state index contributed by atoms with van der Waals surface area (Å²) in [5, 5.41) is 10.1. The lowest BCUT2D eigenvalue weighted by Gasteiger charge is -2.34. The highest BCUT2D eigenvalue weighted by atomic mass is 19.1. The van der Waals surface area contributed by atoms with Gasteiger partial charge in [0, 0.05) is 0 Å². The fourth-order valence-corrected chi connectivity index (χ4v) is 4.89. The number of ether oxygens (including phenoxy) is 3. The maximum Gasteiger partial charge on any atom is 0.309 e. The van der Waals surface area contributed by atoms with Gasteiger partial charge in [0.1, 0.15) is 5.82 Å². The number of carboxylic acid groups (broad SMARTS) is 1. The zero-order valence-corrected chi connectivity index (χ0v) is 19.3. The van der Waals surface area contributed by atoms with Crippen molar-refractivity contribution in [2.75, 3.05) is 20.8 Å². The molecule has 5 nitrogen and oxygen atoms in total. The first-order valence-corrected chi connectivity index (χ1v) is 11.2. The Kier molecular flexibility index (Phi) is 7.77. The largest absolute Gasteiger partial charge is 0.493 e. The standard InChI is InChI=1S/C26H33FO5/c1-5-26(6-2,25(28)29)15-21-19(13-17-7-12-22(30-3)23(14-17)31-4)16-32-24(21)18-8-10-20(27)11-9-18/h7-12,14,19,21,24H,5-6,13,15-16H2,1-4H3,(H,28,29)/t19-,21+,24+/m0/s1. The number of carbonyl (C=O) groups is 1. The molecule has 32 heavy (non-hydrogen) atoms. The molecule has 0 aromatic heterocycles. The fourth-order valence-electron chi connectivity index (χ4n) is 4.89. The normalized spacial score (nSPS) is 20.8. The summed E-state index contributed by atoms with van der Waals surface area (Å²) >= 11 is 0. The lowest BCUT2D eigenvalue weighted by atomic mass is 9.69. The van der Waals surface area contributed by atoms with E-state index in [9.17, 15) is 14.3 Å². The molecule has 1 aliphatic rings. The van der Waals surface area contributed by atoms with Gasteiger partial charge in [-0.25, -0.2) is 4.39 Å². The Morgan fingerprint density at radius 3 is 2.31 bits per heavy atom. The molecule has 1 saturated heterocycles. The monoisotopic (exact) mass is 444 g/mol. The Labute approximate surface area is 189 Å². The van der Waals surface area contributed by atoms with Crippen molar-refractivity contribution in [3.05, 3.63) is 59.4 Å². The van der Waals surface area contributed by atoms with Crippen molar-refractivity contribution in [3.63, 3.8) is 0 Å². The number of aliphatic carboxylic acids is 1. The summed E-state index contributed by atoms with van der Waals surface area (Å²) in [6.07, 6.45) is 2.07. The minimum atomic E-state index is -0.813. The van der Waals surface area contributed by atoms with Crippen LogP contribution in [-0.2, 0) is 16.0 Å². The summed E-state index contributed by atoms with van der Waals surface area (Å²) in [6, 6.07) is 12.2. The Morgan fingerprint density at radius 1 is 1.09 bits per heavy atom. The minimum absolute atomic E-state index is 0.00967. The molecule has 0 spiro atoms. The number of rotatable bonds is 10. The average Bonchev–Trinajstić information content (AvgIpc) is 3.19. The van der Waals surface area contributed by atoms with Gasteiger partial charge in [-0.3, -0.25) is 4.79 Å². The van der Waals surface area contributed by atoms with Crippen LogP contribution >= 0.6 is 0 Å². The average molecular weight is 445 g/mol. The molecule has 0 radical (unpaired) electrons. The number of benzene rings is 2. The van der Waals surface area contributed by atoms with Gasteiger partial charge in [-0.05, 0) is 72.9 Å². The van der Waals surface area contributed by atoms with E-state index in [-0.39, 0.29) is 23.8 Å². The van der Waals surface area contributed by atoms with Crippen LogP contribution in [0.1, 0.15) is 50.3 Å². The smallest absolute Gasteiger partial charge is 0.309 e. The first-order chi connectivity index (χ1) is 15.4. The van der Waals surface area contributed by atoms with Crippen LogP contribution < -0.4 is 9.47 Å². The predicted octanol–water partition coefficient (Wildman–Crippen LogP) is 5.67. The molecule has 0 bridgehead atoms. The van der Waals surface area contributed by atoms with E-state index in [4.69, 9.17) is 14.2 Å². The first-order valence-electron chi connectivity index (χ1n) is 11.2. The molecule has 1 aliphatic heterocycles. The van der Waals surface area contributed by atoms with Crippen molar-refractivity contribution in [1.82, 2.24) is 0 Å². The molecule has 0 aliphatic carbocycles. The molecular formula is C26H33FO5. The van der Waals surface area contributed by atoms with Crippen molar-refractivity contribution in [3.8, 4) is 11.5 Å². The first kappa shape index (κ1) is 24.1. The lowest BCUT2D eigenvalue weighted by Crippen LogP contribution is -2.35. The Hall–Kier alpha value is -2.60. The lowest BCUT2D eigenvalue weighted by molar-refractivity contribution is -0.151. The van der Waals surface area contributed by atoms with Crippen molar-refractivity contribution in [2.24, 2.45) is 17.3 Å². The van der Waals surface area contributed by atoms with E-state index < -0.39 is 11.4 Å². The second kappa shape index (κ2) is 10.3. The van der Waals surface area contributed by atoms with Crippen molar-refractivity contribution in [1.29, 1.82) is 0 Å². The summed E-state index contributed by atoms with van der Waals surface area (Å²) in [4.78, 5) is 12.3. The number of hydrogen-bond acceptors (Lipinski definition) is 4. The van der Waals surface area contributed by atoms with E-state index in [1.807, 2.05) is 32.0 Å². The summed E-state index contributed by atoms with van der Waals surface area (Å²) in [7, 11) is 3.21. The molecule has 2 aromatic rings.